The number of hydrogen-bond donors (Lipinski definition) is 1. The Bertz CT molecular complexity index is 704. The van der Waals surface area contributed by atoms with Crippen LogP contribution in [0.15, 0.2) is 23.8 Å². The fourth-order valence-corrected chi connectivity index (χ4v) is 7.21. The molecule has 3 nitrogen and oxygen atoms in total. The third-order valence-corrected chi connectivity index (χ3v) is 8.61. The topological polar surface area (TPSA) is 54.4 Å². The minimum Gasteiger partial charge on any atom is -0.382 e. The molecule has 0 aromatic rings. The van der Waals surface area contributed by atoms with Crippen molar-refractivity contribution in [2.45, 2.75) is 65.4 Å². The molecule has 4 aliphatic rings. The van der Waals surface area contributed by atoms with Crippen molar-refractivity contribution in [1.82, 2.24) is 0 Å². The summed E-state index contributed by atoms with van der Waals surface area (Å²) in [6.45, 7) is 8.25. The molecule has 7 unspecified atom stereocenters. The van der Waals surface area contributed by atoms with Crippen LogP contribution in [0.3, 0.4) is 0 Å². The number of carbonyl (C=O) groups is 2. The van der Waals surface area contributed by atoms with Crippen molar-refractivity contribution in [1.29, 1.82) is 0 Å². The number of carbonyl (C=O) groups excluding carboxylic acids is 2. The lowest BCUT2D eigenvalue weighted by Crippen LogP contribution is -2.57. The molecule has 0 amide bonds. The van der Waals surface area contributed by atoms with Crippen LogP contribution in [0.5, 0.6) is 0 Å². The zero-order valence-corrected chi connectivity index (χ0v) is 15.8. The fourth-order valence-electron chi connectivity index (χ4n) is 7.21. The van der Waals surface area contributed by atoms with Gasteiger partial charge in [-0.2, -0.15) is 0 Å². The summed E-state index contributed by atoms with van der Waals surface area (Å²) < 4.78 is 0. The lowest BCUT2D eigenvalue weighted by molar-refractivity contribution is -0.159. The third kappa shape index (κ3) is 2.02. The van der Waals surface area contributed by atoms with Crippen molar-refractivity contribution >= 4 is 11.6 Å². The summed E-state index contributed by atoms with van der Waals surface area (Å²) in [6, 6.07) is 0. The Labute approximate surface area is 150 Å². The van der Waals surface area contributed by atoms with Crippen LogP contribution in [0.4, 0.5) is 0 Å². The first-order valence-corrected chi connectivity index (χ1v) is 9.82. The van der Waals surface area contributed by atoms with Crippen LogP contribution < -0.4 is 0 Å². The van der Waals surface area contributed by atoms with E-state index in [0.717, 1.165) is 25.7 Å². The molecule has 0 aliphatic heterocycles. The Morgan fingerprint density at radius 2 is 1.88 bits per heavy atom. The normalized spacial score (nSPS) is 51.4. The van der Waals surface area contributed by atoms with E-state index in [-0.39, 0.29) is 22.4 Å². The first-order valence-electron chi connectivity index (χ1n) is 9.82. The maximum atomic E-state index is 12.3. The summed E-state index contributed by atoms with van der Waals surface area (Å²) in [5, 5.41) is 11.2. The largest absolute Gasteiger partial charge is 0.382 e. The second-order valence-electron chi connectivity index (χ2n) is 9.54. The highest BCUT2D eigenvalue weighted by Gasteiger charge is 2.65. The second kappa shape index (κ2) is 5.16. The first-order chi connectivity index (χ1) is 11.6. The van der Waals surface area contributed by atoms with Crippen LogP contribution in [0.1, 0.15) is 59.8 Å². The molecule has 0 bridgehead atoms. The average Bonchev–Trinajstić information content (AvgIpc) is 2.83. The highest BCUT2D eigenvalue weighted by Crippen LogP contribution is 2.67. The SMILES string of the molecule is CC(=O)C1(O)CCC2C3CC(C)C4=CC(=O)C=CC4(C)C3CCC21C. The van der Waals surface area contributed by atoms with E-state index in [9.17, 15) is 14.7 Å². The van der Waals surface area contributed by atoms with Crippen molar-refractivity contribution in [3.63, 3.8) is 0 Å². The highest BCUT2D eigenvalue weighted by atomic mass is 16.3. The molecule has 0 spiro atoms. The molecule has 3 heteroatoms. The van der Waals surface area contributed by atoms with Gasteiger partial charge in [-0.25, -0.2) is 0 Å². The molecular weight excluding hydrogens is 312 g/mol. The van der Waals surface area contributed by atoms with Crippen LogP contribution in [-0.2, 0) is 9.59 Å². The molecule has 136 valence electrons. The lowest BCUT2D eigenvalue weighted by atomic mass is 9.45. The molecule has 0 aromatic carbocycles. The first kappa shape index (κ1) is 17.2. The quantitative estimate of drug-likeness (QED) is 0.787. The maximum absolute atomic E-state index is 12.3. The summed E-state index contributed by atoms with van der Waals surface area (Å²) >= 11 is 0. The Balaban J connectivity index is 1.75. The van der Waals surface area contributed by atoms with Crippen molar-refractivity contribution in [2.24, 2.45) is 34.5 Å². The highest BCUT2D eigenvalue weighted by molar-refractivity contribution is 6.01. The minimum atomic E-state index is -1.15. The van der Waals surface area contributed by atoms with Gasteiger partial charge in [0.25, 0.3) is 0 Å². The molecule has 0 aromatic heterocycles. The second-order valence-corrected chi connectivity index (χ2v) is 9.54. The maximum Gasteiger partial charge on any atom is 0.178 e. The predicted molar refractivity (Wildman–Crippen MR) is 96.8 cm³/mol. The van der Waals surface area contributed by atoms with Crippen molar-refractivity contribution in [3.05, 3.63) is 23.8 Å². The standard InChI is InChI=1S/C22H30O3/c1-13-11-16-17(20(3)8-5-15(24)12-19(13)20)6-9-21(4)18(16)7-10-22(21,25)14(2)23/h5,8,12-13,16-18,25H,6-7,9-11H2,1-4H3. The van der Waals surface area contributed by atoms with Gasteiger partial charge in [0.15, 0.2) is 11.6 Å². The van der Waals surface area contributed by atoms with Crippen LogP contribution in [0.2, 0.25) is 0 Å². The van der Waals surface area contributed by atoms with Gasteiger partial charge < -0.3 is 5.11 Å². The van der Waals surface area contributed by atoms with Gasteiger partial charge in [-0.3, -0.25) is 9.59 Å². The summed E-state index contributed by atoms with van der Waals surface area (Å²) in [5.74, 6) is 1.86. The van der Waals surface area contributed by atoms with Crippen molar-refractivity contribution in [2.75, 3.05) is 0 Å². The molecule has 3 saturated carbocycles. The van der Waals surface area contributed by atoms with Gasteiger partial charge >= 0.3 is 0 Å². The third-order valence-electron chi connectivity index (χ3n) is 8.61. The monoisotopic (exact) mass is 342 g/mol. The summed E-state index contributed by atoms with van der Waals surface area (Å²) in [4.78, 5) is 24.2. The minimum absolute atomic E-state index is 0.0471. The van der Waals surface area contributed by atoms with Gasteiger partial charge in [0.2, 0.25) is 0 Å². The van der Waals surface area contributed by atoms with Gasteiger partial charge in [-0.05, 0) is 74.9 Å². The van der Waals surface area contributed by atoms with Crippen LogP contribution >= 0.6 is 0 Å². The molecule has 25 heavy (non-hydrogen) atoms. The zero-order chi connectivity index (χ0) is 18.2. The Morgan fingerprint density at radius 3 is 2.56 bits per heavy atom. The molecule has 3 fully saturated rings. The average molecular weight is 342 g/mol. The number of aliphatic hydroxyl groups is 1. The van der Waals surface area contributed by atoms with Gasteiger partial charge in [0.05, 0.1) is 0 Å². The molecule has 4 rings (SSSR count). The Morgan fingerprint density at radius 1 is 1.20 bits per heavy atom. The number of hydrogen-bond acceptors (Lipinski definition) is 3. The van der Waals surface area contributed by atoms with Gasteiger partial charge in [0, 0.05) is 10.8 Å². The molecule has 4 aliphatic carbocycles. The summed E-state index contributed by atoms with van der Waals surface area (Å²) in [5.41, 5.74) is -0.203. The molecule has 0 radical (unpaired) electrons. The van der Waals surface area contributed by atoms with Crippen molar-refractivity contribution < 1.29 is 14.7 Å². The van der Waals surface area contributed by atoms with Gasteiger partial charge in [-0.1, -0.05) is 32.4 Å². The van der Waals surface area contributed by atoms with E-state index in [1.807, 2.05) is 6.08 Å². The summed E-state index contributed by atoms with van der Waals surface area (Å²) in [7, 11) is 0. The Hall–Kier alpha value is -1.22. The Kier molecular flexibility index (Phi) is 3.55. The molecule has 7 atom stereocenters. The van der Waals surface area contributed by atoms with E-state index in [1.54, 1.807) is 13.0 Å². The molecule has 1 N–H and O–H groups in total. The van der Waals surface area contributed by atoms with Gasteiger partial charge in [0.1, 0.15) is 5.60 Å². The van der Waals surface area contributed by atoms with Crippen LogP contribution in [0, 0.1) is 34.5 Å². The molecule has 0 heterocycles. The smallest absolute Gasteiger partial charge is 0.178 e. The number of ketones is 2. The fraction of sp³-hybridized carbons (Fsp3) is 0.727. The van der Waals surface area contributed by atoms with Gasteiger partial charge in [-0.15, -0.1) is 0 Å². The van der Waals surface area contributed by atoms with E-state index < -0.39 is 5.60 Å². The number of fused-ring (bicyclic) bond motifs is 5. The number of Topliss-reactive ketones (excluding diaryl/α,β-unsaturated/α-hetero) is 1. The molecule has 0 saturated heterocycles. The zero-order valence-electron chi connectivity index (χ0n) is 15.8. The molecular formula is C22H30O3. The predicted octanol–water partition coefficient (Wildman–Crippen LogP) is 3.86. The lowest BCUT2D eigenvalue weighted by Gasteiger charge is -2.59. The van der Waals surface area contributed by atoms with Crippen LogP contribution in [-0.4, -0.2) is 22.3 Å². The van der Waals surface area contributed by atoms with E-state index in [1.165, 1.54) is 5.57 Å². The van der Waals surface area contributed by atoms with E-state index in [2.05, 4.69) is 26.8 Å². The van der Waals surface area contributed by atoms with E-state index >= 15 is 0 Å². The summed E-state index contributed by atoms with van der Waals surface area (Å²) in [6.07, 6.45) is 10.3. The van der Waals surface area contributed by atoms with E-state index in [0.29, 0.717) is 30.1 Å². The van der Waals surface area contributed by atoms with Crippen molar-refractivity contribution in [3.8, 4) is 0 Å². The van der Waals surface area contributed by atoms with Crippen LogP contribution in [0.25, 0.3) is 0 Å². The number of allylic oxidation sites excluding steroid dienone is 4. The van der Waals surface area contributed by atoms with E-state index in [4.69, 9.17) is 0 Å². The number of rotatable bonds is 1.